The molecule has 0 fully saturated rings. The molecule has 0 saturated carbocycles. The van der Waals surface area contributed by atoms with E-state index >= 15 is 0 Å². The molecule has 0 aliphatic heterocycles. The number of hydrogen-bond acceptors (Lipinski definition) is 6. The van der Waals surface area contributed by atoms with Gasteiger partial charge in [-0.1, -0.05) is 25.8 Å². The molecular weight excluding hydrogens is 312 g/mol. The van der Waals surface area contributed by atoms with Crippen molar-refractivity contribution >= 4 is 28.1 Å². The molecule has 100 valence electrons. The Hall–Kier alpha value is -1.96. The van der Waals surface area contributed by atoms with Crippen LogP contribution in [0.1, 0.15) is 19.4 Å². The average molecular weight is 325 g/mol. The van der Waals surface area contributed by atoms with Crippen LogP contribution < -0.4 is 10.5 Å². The van der Waals surface area contributed by atoms with Crippen LogP contribution in [0.25, 0.3) is 0 Å². The molecule has 1 heterocycles. The number of nitrogens with two attached hydrogens (primary N) is 1. The highest BCUT2D eigenvalue weighted by Gasteiger charge is 2.05. The van der Waals surface area contributed by atoms with E-state index in [-0.39, 0.29) is 12.1 Å². The molecule has 0 radical (unpaired) electrons. The number of tetrazole rings is 1. The summed E-state index contributed by atoms with van der Waals surface area (Å²) < 4.78 is 6.62. The van der Waals surface area contributed by atoms with Crippen molar-refractivity contribution in [3.05, 3.63) is 28.2 Å². The van der Waals surface area contributed by atoms with Crippen LogP contribution >= 0.6 is 15.9 Å². The maximum absolute atomic E-state index is 5.70. The Kier molecular flexibility index (Phi) is 4.10. The van der Waals surface area contributed by atoms with Gasteiger partial charge in [-0.3, -0.25) is 0 Å². The third-order valence-corrected chi connectivity index (χ3v) is 2.61. The molecule has 0 unspecified atom stereocenters. The predicted octanol–water partition coefficient (Wildman–Crippen LogP) is 1.69. The Morgan fingerprint density at radius 3 is 2.89 bits per heavy atom. The zero-order valence-electron chi connectivity index (χ0n) is 10.5. The summed E-state index contributed by atoms with van der Waals surface area (Å²) in [5, 5.41) is 14.6. The van der Waals surface area contributed by atoms with Crippen LogP contribution in [0.5, 0.6) is 5.75 Å². The summed E-state index contributed by atoms with van der Waals surface area (Å²) >= 11 is 3.41. The highest BCUT2D eigenvalue weighted by molar-refractivity contribution is 9.10. The maximum Gasteiger partial charge on any atom is 0.263 e. The third-order valence-electron chi connectivity index (χ3n) is 2.12. The molecular formula is C11H13BrN6O. The fourth-order valence-corrected chi connectivity index (χ4v) is 1.75. The second-order valence-corrected chi connectivity index (χ2v) is 4.94. The van der Waals surface area contributed by atoms with E-state index in [4.69, 9.17) is 10.5 Å². The first-order chi connectivity index (χ1) is 9.06. The van der Waals surface area contributed by atoms with Crippen LogP contribution in [-0.2, 0) is 0 Å². The Bertz CT molecular complexity index is 595. The van der Waals surface area contributed by atoms with E-state index in [1.54, 1.807) is 6.21 Å². The normalized spacial score (nSPS) is 11.4. The molecule has 0 amide bonds. The first-order valence-electron chi connectivity index (χ1n) is 5.60. The Morgan fingerprint density at radius 1 is 1.47 bits per heavy atom. The highest BCUT2D eigenvalue weighted by Crippen LogP contribution is 2.22. The summed E-state index contributed by atoms with van der Waals surface area (Å²) in [6.07, 6.45) is 1.67. The predicted molar refractivity (Wildman–Crippen MR) is 75.1 cm³/mol. The number of hydrogen-bond donors (Lipinski definition) is 1. The van der Waals surface area contributed by atoms with Crippen molar-refractivity contribution in [3.63, 3.8) is 0 Å². The number of benzene rings is 1. The van der Waals surface area contributed by atoms with Gasteiger partial charge in [0.1, 0.15) is 5.75 Å². The standard InChI is InChI=1S/C11H13BrN6O/c1-7(2)19-10-4-3-9(12)5-8(10)6-14-18-11(13)15-16-17-18/h3-7H,1-2H3,(H2,13,15,17)/b14-6+. The molecule has 7 nitrogen and oxygen atoms in total. The monoisotopic (exact) mass is 324 g/mol. The van der Waals surface area contributed by atoms with E-state index in [1.165, 1.54) is 0 Å². The molecule has 2 N–H and O–H groups in total. The van der Waals surface area contributed by atoms with Gasteiger partial charge in [0.05, 0.1) is 12.3 Å². The van der Waals surface area contributed by atoms with Crippen molar-refractivity contribution in [2.75, 3.05) is 5.73 Å². The summed E-state index contributed by atoms with van der Waals surface area (Å²) in [4.78, 5) is 1.14. The van der Waals surface area contributed by atoms with Gasteiger partial charge in [0.25, 0.3) is 5.95 Å². The molecule has 0 aliphatic rings. The van der Waals surface area contributed by atoms with Gasteiger partial charge in [-0.05, 0) is 42.5 Å². The number of rotatable bonds is 4. The topological polar surface area (TPSA) is 91.2 Å². The second-order valence-electron chi connectivity index (χ2n) is 4.02. The molecule has 0 bridgehead atoms. The molecule has 0 atom stereocenters. The van der Waals surface area contributed by atoms with Crippen molar-refractivity contribution in [3.8, 4) is 5.75 Å². The van der Waals surface area contributed by atoms with Gasteiger partial charge in [0.15, 0.2) is 0 Å². The highest BCUT2D eigenvalue weighted by atomic mass is 79.9. The van der Waals surface area contributed by atoms with E-state index < -0.39 is 0 Å². The molecule has 0 saturated heterocycles. The van der Waals surface area contributed by atoms with Crippen molar-refractivity contribution in [1.82, 2.24) is 20.3 Å². The smallest absolute Gasteiger partial charge is 0.263 e. The lowest BCUT2D eigenvalue weighted by Crippen LogP contribution is -2.07. The number of anilines is 1. The summed E-state index contributed by atoms with van der Waals surface area (Å²) in [6.45, 7) is 3.92. The molecule has 0 aliphatic carbocycles. The molecule has 2 aromatic rings. The minimum Gasteiger partial charge on any atom is -0.490 e. The van der Waals surface area contributed by atoms with Crippen LogP contribution in [0.4, 0.5) is 5.95 Å². The quantitative estimate of drug-likeness (QED) is 0.864. The Morgan fingerprint density at radius 2 is 2.26 bits per heavy atom. The van der Waals surface area contributed by atoms with Gasteiger partial charge in [0, 0.05) is 10.0 Å². The SMILES string of the molecule is CC(C)Oc1ccc(Br)cc1/C=N/n1nnnc1N. The van der Waals surface area contributed by atoms with Crippen LogP contribution in [0, 0.1) is 0 Å². The van der Waals surface area contributed by atoms with E-state index in [2.05, 4.69) is 36.6 Å². The molecule has 19 heavy (non-hydrogen) atoms. The largest absolute Gasteiger partial charge is 0.490 e. The zero-order valence-corrected chi connectivity index (χ0v) is 12.1. The summed E-state index contributed by atoms with van der Waals surface area (Å²) in [6, 6.07) is 5.66. The third kappa shape index (κ3) is 3.50. The van der Waals surface area contributed by atoms with Gasteiger partial charge in [-0.25, -0.2) is 0 Å². The zero-order chi connectivity index (χ0) is 13.8. The molecule has 0 spiro atoms. The van der Waals surface area contributed by atoms with Gasteiger partial charge < -0.3 is 10.5 Å². The van der Waals surface area contributed by atoms with Gasteiger partial charge in [-0.2, -0.15) is 5.10 Å². The van der Waals surface area contributed by atoms with Crippen molar-refractivity contribution < 1.29 is 4.74 Å². The molecule has 8 heteroatoms. The molecule has 2 rings (SSSR count). The molecule has 1 aromatic heterocycles. The van der Waals surface area contributed by atoms with E-state index in [1.807, 2.05) is 32.0 Å². The maximum atomic E-state index is 5.70. The number of ether oxygens (including phenoxy) is 1. The van der Waals surface area contributed by atoms with Crippen molar-refractivity contribution in [1.29, 1.82) is 0 Å². The summed E-state index contributed by atoms with van der Waals surface area (Å²) in [7, 11) is 0. The first-order valence-corrected chi connectivity index (χ1v) is 6.40. The average Bonchev–Trinajstić information content (AvgIpc) is 2.75. The van der Waals surface area contributed by atoms with Gasteiger partial charge in [-0.15, -0.1) is 0 Å². The second kappa shape index (κ2) is 5.79. The van der Waals surface area contributed by atoms with E-state index in [0.29, 0.717) is 0 Å². The Balaban J connectivity index is 2.30. The van der Waals surface area contributed by atoms with E-state index in [9.17, 15) is 0 Å². The van der Waals surface area contributed by atoms with Crippen molar-refractivity contribution in [2.24, 2.45) is 5.10 Å². The number of halogens is 1. The first kappa shape index (κ1) is 13.5. The van der Waals surface area contributed by atoms with Gasteiger partial charge in [0.2, 0.25) is 0 Å². The lowest BCUT2D eigenvalue weighted by atomic mass is 10.2. The van der Waals surface area contributed by atoms with Gasteiger partial charge >= 0.3 is 0 Å². The summed E-state index contributed by atoms with van der Waals surface area (Å²) in [5.74, 6) is 0.853. The lowest BCUT2D eigenvalue weighted by Gasteiger charge is -2.12. The Labute approximate surface area is 118 Å². The van der Waals surface area contributed by atoms with Crippen LogP contribution in [0.15, 0.2) is 27.8 Å². The number of aromatic nitrogens is 4. The van der Waals surface area contributed by atoms with Crippen LogP contribution in [0.2, 0.25) is 0 Å². The summed E-state index contributed by atoms with van der Waals surface area (Å²) in [5.41, 5.74) is 6.33. The van der Waals surface area contributed by atoms with Crippen molar-refractivity contribution in [2.45, 2.75) is 20.0 Å². The van der Waals surface area contributed by atoms with Crippen LogP contribution in [-0.4, -0.2) is 32.6 Å². The minimum atomic E-state index is 0.0754. The fourth-order valence-electron chi connectivity index (χ4n) is 1.37. The van der Waals surface area contributed by atoms with E-state index in [0.717, 1.165) is 20.6 Å². The minimum absolute atomic E-state index is 0.0754. The fraction of sp³-hybridized carbons (Fsp3) is 0.273. The number of nitrogen functional groups attached to an aromatic ring is 1. The lowest BCUT2D eigenvalue weighted by molar-refractivity contribution is 0.242. The van der Waals surface area contributed by atoms with Crippen LogP contribution in [0.3, 0.4) is 0 Å². The molecule has 1 aromatic carbocycles. The number of nitrogens with zero attached hydrogens (tertiary/aromatic N) is 5.